The normalized spacial score (nSPS) is 19.0. The minimum atomic E-state index is 0.00779. The molecule has 150 valence electrons. The highest BCUT2D eigenvalue weighted by Gasteiger charge is 2.40. The maximum atomic E-state index is 5.74. The molecule has 3 aromatic rings. The van der Waals surface area contributed by atoms with Gasteiger partial charge in [0.15, 0.2) is 5.11 Å². The average molecular weight is 407 g/mol. The van der Waals surface area contributed by atoms with Crippen molar-refractivity contribution in [1.82, 2.24) is 29.7 Å². The van der Waals surface area contributed by atoms with E-state index in [0.29, 0.717) is 0 Å². The Labute approximate surface area is 177 Å². The fraction of sp³-hybridized carbons (Fsp3) is 0.318. The fourth-order valence-electron chi connectivity index (χ4n) is 3.80. The van der Waals surface area contributed by atoms with Crippen molar-refractivity contribution >= 4 is 17.3 Å². The number of rotatable bonds is 7. The molecule has 0 spiro atoms. The summed E-state index contributed by atoms with van der Waals surface area (Å²) in [5.41, 5.74) is 3.39. The van der Waals surface area contributed by atoms with E-state index >= 15 is 0 Å². The van der Waals surface area contributed by atoms with Gasteiger partial charge in [0.1, 0.15) is 0 Å². The van der Waals surface area contributed by atoms with Crippen LogP contribution in [0.15, 0.2) is 67.3 Å². The van der Waals surface area contributed by atoms with Crippen LogP contribution in [-0.2, 0) is 6.54 Å². The molecule has 1 saturated heterocycles. The smallest absolute Gasteiger partial charge is 0.170 e. The van der Waals surface area contributed by atoms with Crippen LogP contribution in [0, 0.1) is 0 Å². The summed E-state index contributed by atoms with van der Waals surface area (Å²) in [4.78, 5) is 13.4. The standard InChI is InChI=1S/C22H26N6S/c1-26(2)13-14-28-21(20(25-22(28)29)18-8-3-4-11-24-18)19-9-6-12-27(19)16-17-7-5-10-23-15-17/h3-12,15,20-21H,13-14,16H2,1-2H3,(H,25,29). The van der Waals surface area contributed by atoms with E-state index in [1.807, 2.05) is 30.6 Å². The first kappa shape index (κ1) is 19.5. The van der Waals surface area contributed by atoms with Crippen LogP contribution in [0.5, 0.6) is 0 Å². The lowest BCUT2D eigenvalue weighted by Crippen LogP contribution is -2.36. The van der Waals surface area contributed by atoms with Gasteiger partial charge in [0.25, 0.3) is 0 Å². The highest BCUT2D eigenvalue weighted by atomic mass is 32.1. The van der Waals surface area contributed by atoms with E-state index in [-0.39, 0.29) is 12.1 Å². The topological polar surface area (TPSA) is 49.2 Å². The fourth-order valence-corrected chi connectivity index (χ4v) is 4.14. The lowest BCUT2D eigenvalue weighted by Gasteiger charge is -2.29. The number of pyridine rings is 2. The lowest BCUT2D eigenvalue weighted by atomic mass is 10.0. The second-order valence-corrected chi connectivity index (χ2v) is 7.93. The van der Waals surface area contributed by atoms with Crippen LogP contribution in [0.4, 0.5) is 0 Å². The molecule has 0 aliphatic carbocycles. The summed E-state index contributed by atoms with van der Waals surface area (Å²) in [7, 11) is 4.17. The molecular formula is C22H26N6S. The minimum absolute atomic E-state index is 0.00779. The van der Waals surface area contributed by atoms with Gasteiger partial charge in [-0.05, 0) is 62.2 Å². The molecule has 2 unspecified atom stereocenters. The summed E-state index contributed by atoms with van der Waals surface area (Å²) < 4.78 is 2.29. The SMILES string of the molecule is CN(C)CCN1C(=S)NC(c2ccccn2)C1c1cccn1Cc1cccnc1. The molecule has 0 aromatic carbocycles. The molecule has 2 atom stereocenters. The summed E-state index contributed by atoms with van der Waals surface area (Å²) in [6.07, 6.45) is 7.69. The highest BCUT2D eigenvalue weighted by Crippen LogP contribution is 2.38. The first-order valence-corrected chi connectivity index (χ1v) is 10.2. The molecule has 1 fully saturated rings. The highest BCUT2D eigenvalue weighted by molar-refractivity contribution is 7.80. The second-order valence-electron chi connectivity index (χ2n) is 7.55. The van der Waals surface area contributed by atoms with Gasteiger partial charge >= 0.3 is 0 Å². The van der Waals surface area contributed by atoms with Crippen LogP contribution >= 0.6 is 12.2 Å². The summed E-state index contributed by atoms with van der Waals surface area (Å²) >= 11 is 5.74. The first-order valence-electron chi connectivity index (χ1n) is 9.80. The number of nitrogens with one attached hydrogen (secondary N) is 1. The largest absolute Gasteiger partial charge is 0.352 e. The van der Waals surface area contributed by atoms with Crippen LogP contribution in [-0.4, -0.2) is 56.6 Å². The first-order chi connectivity index (χ1) is 14.1. The zero-order chi connectivity index (χ0) is 20.2. The number of thiocarbonyl (C=S) groups is 1. The van der Waals surface area contributed by atoms with Gasteiger partial charge in [0, 0.05) is 50.1 Å². The molecule has 1 N–H and O–H groups in total. The molecule has 6 nitrogen and oxygen atoms in total. The molecule has 0 saturated carbocycles. The van der Waals surface area contributed by atoms with Crippen LogP contribution in [0.2, 0.25) is 0 Å². The van der Waals surface area contributed by atoms with Crippen LogP contribution in [0.25, 0.3) is 0 Å². The minimum Gasteiger partial charge on any atom is -0.352 e. The molecule has 4 rings (SSSR count). The molecule has 1 aliphatic rings. The molecule has 0 amide bonds. The Balaban J connectivity index is 1.70. The van der Waals surface area contributed by atoms with E-state index in [4.69, 9.17) is 12.2 Å². The van der Waals surface area contributed by atoms with E-state index in [0.717, 1.165) is 30.4 Å². The van der Waals surface area contributed by atoms with Crippen molar-refractivity contribution in [2.24, 2.45) is 0 Å². The van der Waals surface area contributed by atoms with Crippen LogP contribution in [0.1, 0.15) is 29.0 Å². The van der Waals surface area contributed by atoms with E-state index in [2.05, 4.69) is 74.2 Å². The Kier molecular flexibility index (Phi) is 5.87. The van der Waals surface area contributed by atoms with Crippen molar-refractivity contribution < 1.29 is 0 Å². The molecule has 7 heteroatoms. The average Bonchev–Trinajstić information content (AvgIpc) is 3.31. The van der Waals surface area contributed by atoms with Gasteiger partial charge in [-0.1, -0.05) is 12.1 Å². The van der Waals surface area contributed by atoms with Gasteiger partial charge in [-0.15, -0.1) is 0 Å². The Bertz CT molecular complexity index is 940. The second kappa shape index (κ2) is 8.71. The Hall–Kier alpha value is -2.77. The summed E-state index contributed by atoms with van der Waals surface area (Å²) in [5.74, 6) is 0. The van der Waals surface area contributed by atoms with Crippen molar-refractivity contribution in [3.8, 4) is 0 Å². The molecule has 0 radical (unpaired) electrons. The molecular weight excluding hydrogens is 380 g/mol. The van der Waals surface area contributed by atoms with Crippen molar-refractivity contribution in [3.05, 3.63) is 84.2 Å². The van der Waals surface area contributed by atoms with Gasteiger partial charge in [-0.25, -0.2) is 0 Å². The zero-order valence-electron chi connectivity index (χ0n) is 16.8. The van der Waals surface area contributed by atoms with E-state index in [9.17, 15) is 0 Å². The third kappa shape index (κ3) is 4.31. The van der Waals surface area contributed by atoms with E-state index in [1.165, 1.54) is 11.3 Å². The monoisotopic (exact) mass is 406 g/mol. The Morgan fingerprint density at radius 3 is 2.72 bits per heavy atom. The molecule has 1 aliphatic heterocycles. The summed E-state index contributed by atoms with van der Waals surface area (Å²) in [6, 6.07) is 14.5. The van der Waals surface area contributed by atoms with E-state index < -0.39 is 0 Å². The van der Waals surface area contributed by atoms with Crippen LogP contribution in [0.3, 0.4) is 0 Å². The Morgan fingerprint density at radius 1 is 1.10 bits per heavy atom. The zero-order valence-corrected chi connectivity index (χ0v) is 17.6. The third-order valence-corrected chi connectivity index (χ3v) is 5.58. The van der Waals surface area contributed by atoms with Gasteiger partial charge in [-0.3, -0.25) is 9.97 Å². The summed E-state index contributed by atoms with van der Waals surface area (Å²) in [6.45, 7) is 2.55. The predicted octanol–water partition coefficient (Wildman–Crippen LogP) is 2.86. The molecule has 3 aromatic heterocycles. The van der Waals surface area contributed by atoms with Crippen molar-refractivity contribution in [3.63, 3.8) is 0 Å². The van der Waals surface area contributed by atoms with Crippen molar-refractivity contribution in [2.45, 2.75) is 18.6 Å². The maximum absolute atomic E-state index is 5.74. The molecule has 29 heavy (non-hydrogen) atoms. The van der Waals surface area contributed by atoms with E-state index in [1.54, 1.807) is 6.20 Å². The number of hydrogen-bond donors (Lipinski definition) is 1. The Morgan fingerprint density at radius 2 is 2.00 bits per heavy atom. The quantitative estimate of drug-likeness (QED) is 0.609. The lowest BCUT2D eigenvalue weighted by molar-refractivity contribution is 0.269. The van der Waals surface area contributed by atoms with Gasteiger partial charge < -0.3 is 19.7 Å². The molecule has 0 bridgehead atoms. The predicted molar refractivity (Wildman–Crippen MR) is 118 cm³/mol. The summed E-state index contributed by atoms with van der Waals surface area (Å²) in [5, 5.41) is 4.30. The molecule has 4 heterocycles. The van der Waals surface area contributed by atoms with Gasteiger partial charge in [0.2, 0.25) is 0 Å². The maximum Gasteiger partial charge on any atom is 0.170 e. The number of aromatic nitrogens is 3. The van der Waals surface area contributed by atoms with Crippen LogP contribution < -0.4 is 5.32 Å². The van der Waals surface area contributed by atoms with Crippen molar-refractivity contribution in [1.29, 1.82) is 0 Å². The van der Waals surface area contributed by atoms with Gasteiger partial charge in [0.05, 0.1) is 17.8 Å². The number of likely N-dealkylation sites (N-methyl/N-ethyl adjacent to an activating group) is 1. The van der Waals surface area contributed by atoms with Gasteiger partial charge in [-0.2, -0.15) is 0 Å². The number of nitrogens with zero attached hydrogens (tertiary/aromatic N) is 5. The number of hydrogen-bond acceptors (Lipinski definition) is 4. The van der Waals surface area contributed by atoms with Crippen molar-refractivity contribution in [2.75, 3.05) is 27.2 Å². The third-order valence-electron chi connectivity index (χ3n) is 5.23.